The van der Waals surface area contributed by atoms with Gasteiger partial charge in [0.2, 0.25) is 0 Å². The first kappa shape index (κ1) is 8.05. The third kappa shape index (κ3) is 1.61. The van der Waals surface area contributed by atoms with Crippen LogP contribution in [-0.4, -0.2) is 4.58 Å². The smallest absolute Gasteiger partial charge is 0.108 e. The SMILES string of the molecule is ClN1[CH]CC(c2ccccc2)O1. The van der Waals surface area contributed by atoms with E-state index in [1.165, 1.54) is 4.58 Å². The molecule has 3 heteroatoms. The van der Waals surface area contributed by atoms with Gasteiger partial charge in [-0.05, 0) is 5.56 Å². The molecule has 0 aromatic heterocycles. The van der Waals surface area contributed by atoms with Gasteiger partial charge in [-0.25, -0.2) is 0 Å². The fourth-order valence-electron chi connectivity index (χ4n) is 1.25. The van der Waals surface area contributed by atoms with Crippen molar-refractivity contribution >= 4 is 11.8 Å². The van der Waals surface area contributed by atoms with Crippen LogP contribution in [0.2, 0.25) is 0 Å². The highest BCUT2D eigenvalue weighted by Gasteiger charge is 2.23. The van der Waals surface area contributed by atoms with Crippen molar-refractivity contribution in [2.75, 3.05) is 0 Å². The normalized spacial score (nSPS) is 24.6. The van der Waals surface area contributed by atoms with Crippen LogP contribution in [0, 0.1) is 6.54 Å². The summed E-state index contributed by atoms with van der Waals surface area (Å²) in [4.78, 5) is 5.29. The van der Waals surface area contributed by atoms with Crippen molar-refractivity contribution in [2.24, 2.45) is 0 Å². The highest BCUT2D eigenvalue weighted by atomic mass is 35.5. The number of rotatable bonds is 1. The van der Waals surface area contributed by atoms with Crippen LogP contribution >= 0.6 is 11.8 Å². The highest BCUT2D eigenvalue weighted by Crippen LogP contribution is 2.31. The van der Waals surface area contributed by atoms with Gasteiger partial charge in [-0.3, -0.25) is 4.84 Å². The van der Waals surface area contributed by atoms with Gasteiger partial charge >= 0.3 is 0 Å². The molecule has 0 spiro atoms. The summed E-state index contributed by atoms with van der Waals surface area (Å²) in [5.41, 5.74) is 1.16. The first-order valence-electron chi connectivity index (χ1n) is 3.86. The summed E-state index contributed by atoms with van der Waals surface area (Å²) >= 11 is 5.61. The number of hydroxylamine groups is 1. The van der Waals surface area contributed by atoms with E-state index >= 15 is 0 Å². The summed E-state index contributed by atoms with van der Waals surface area (Å²) in [7, 11) is 0. The summed E-state index contributed by atoms with van der Waals surface area (Å²) in [6, 6.07) is 10.1. The predicted molar refractivity (Wildman–Crippen MR) is 46.9 cm³/mol. The Morgan fingerprint density at radius 2 is 2.08 bits per heavy atom. The summed E-state index contributed by atoms with van der Waals surface area (Å²) in [6.45, 7) is 1.82. The molecule has 1 atom stereocenters. The second-order valence-corrected chi connectivity index (χ2v) is 3.03. The monoisotopic (exact) mass is 182 g/mol. The van der Waals surface area contributed by atoms with E-state index < -0.39 is 0 Å². The topological polar surface area (TPSA) is 12.5 Å². The zero-order valence-corrected chi connectivity index (χ0v) is 7.24. The Bertz CT molecular complexity index is 252. The van der Waals surface area contributed by atoms with Crippen molar-refractivity contribution in [1.29, 1.82) is 0 Å². The molecular weight excluding hydrogens is 174 g/mol. The van der Waals surface area contributed by atoms with E-state index in [9.17, 15) is 0 Å². The van der Waals surface area contributed by atoms with Gasteiger partial charge in [-0.2, -0.15) is 0 Å². The lowest BCUT2D eigenvalue weighted by Gasteiger charge is -2.08. The summed E-state index contributed by atoms with van der Waals surface area (Å²) in [6.07, 6.45) is 0.928. The minimum absolute atomic E-state index is 0.0868. The van der Waals surface area contributed by atoms with E-state index in [0.29, 0.717) is 0 Å². The molecule has 0 bridgehead atoms. The van der Waals surface area contributed by atoms with E-state index in [1.807, 2.05) is 36.9 Å². The first-order valence-corrected chi connectivity index (χ1v) is 4.20. The van der Waals surface area contributed by atoms with Gasteiger partial charge in [0.1, 0.15) is 6.10 Å². The van der Waals surface area contributed by atoms with Crippen molar-refractivity contribution < 1.29 is 4.84 Å². The molecule has 2 nitrogen and oxygen atoms in total. The molecule has 63 valence electrons. The van der Waals surface area contributed by atoms with Gasteiger partial charge in [0.15, 0.2) is 0 Å². The number of hydrogen-bond acceptors (Lipinski definition) is 2. The molecular formula is C9H9ClNO. The fourth-order valence-corrected chi connectivity index (χ4v) is 1.43. The Hall–Kier alpha value is -0.570. The molecule has 12 heavy (non-hydrogen) atoms. The van der Waals surface area contributed by atoms with Crippen LogP contribution in [-0.2, 0) is 4.84 Å². The average molecular weight is 183 g/mol. The molecule has 1 radical (unpaired) electrons. The van der Waals surface area contributed by atoms with E-state index in [4.69, 9.17) is 16.6 Å². The Balaban J connectivity index is 2.11. The molecule has 1 heterocycles. The fraction of sp³-hybridized carbons (Fsp3) is 0.222. The number of nitrogens with zero attached hydrogens (tertiary/aromatic N) is 1. The van der Waals surface area contributed by atoms with Crippen LogP contribution in [0.1, 0.15) is 18.1 Å². The lowest BCUT2D eigenvalue weighted by Crippen LogP contribution is -2.01. The highest BCUT2D eigenvalue weighted by molar-refractivity contribution is 6.13. The average Bonchev–Trinajstić information content (AvgIpc) is 2.54. The summed E-state index contributed by atoms with van der Waals surface area (Å²) in [5, 5.41) is 0. The maximum absolute atomic E-state index is 5.61. The Kier molecular flexibility index (Phi) is 2.30. The van der Waals surface area contributed by atoms with Gasteiger partial charge in [-0.15, -0.1) is 0 Å². The minimum Gasteiger partial charge on any atom is -0.275 e. The van der Waals surface area contributed by atoms with E-state index in [2.05, 4.69) is 0 Å². The molecule has 1 aliphatic rings. The first-order chi connectivity index (χ1) is 5.86. The Labute approximate surface area is 76.8 Å². The van der Waals surface area contributed by atoms with E-state index in [1.54, 1.807) is 0 Å². The molecule has 0 N–H and O–H groups in total. The summed E-state index contributed by atoms with van der Waals surface area (Å²) in [5.74, 6) is 0. The van der Waals surface area contributed by atoms with Gasteiger partial charge < -0.3 is 0 Å². The molecule has 0 saturated carbocycles. The second kappa shape index (κ2) is 3.44. The standard InChI is InChI=1S/C9H9ClNO/c10-11-7-6-9(12-11)8-4-2-1-3-5-8/h1-5,7,9H,6H2. The Morgan fingerprint density at radius 1 is 1.33 bits per heavy atom. The number of benzene rings is 1. The molecule has 1 aromatic carbocycles. The molecule has 1 aromatic rings. The lowest BCUT2D eigenvalue weighted by atomic mass is 10.1. The molecule has 1 fully saturated rings. The maximum atomic E-state index is 5.61. The molecule has 1 unspecified atom stereocenters. The Morgan fingerprint density at radius 3 is 2.67 bits per heavy atom. The second-order valence-electron chi connectivity index (χ2n) is 2.70. The van der Waals surface area contributed by atoms with Crippen molar-refractivity contribution in [3.8, 4) is 0 Å². The van der Waals surface area contributed by atoms with Crippen molar-refractivity contribution in [3.05, 3.63) is 42.4 Å². The van der Waals surface area contributed by atoms with E-state index in [-0.39, 0.29) is 6.10 Å². The minimum atomic E-state index is 0.0868. The number of halogens is 1. The van der Waals surface area contributed by atoms with Crippen LogP contribution in [0.5, 0.6) is 0 Å². The molecule has 1 saturated heterocycles. The van der Waals surface area contributed by atoms with Crippen LogP contribution < -0.4 is 0 Å². The molecule has 0 amide bonds. The van der Waals surface area contributed by atoms with Crippen LogP contribution in [0.15, 0.2) is 30.3 Å². The molecule has 2 rings (SSSR count). The maximum Gasteiger partial charge on any atom is 0.108 e. The van der Waals surface area contributed by atoms with Crippen molar-refractivity contribution in [3.63, 3.8) is 0 Å². The van der Waals surface area contributed by atoms with Gasteiger partial charge in [0, 0.05) is 18.2 Å². The van der Waals surface area contributed by atoms with Crippen LogP contribution in [0.4, 0.5) is 0 Å². The zero-order valence-electron chi connectivity index (χ0n) is 6.48. The van der Waals surface area contributed by atoms with Crippen molar-refractivity contribution in [2.45, 2.75) is 12.5 Å². The third-order valence-electron chi connectivity index (χ3n) is 1.86. The largest absolute Gasteiger partial charge is 0.275 e. The molecule has 0 aliphatic carbocycles. The number of hydrogen-bond donors (Lipinski definition) is 0. The summed E-state index contributed by atoms with van der Waals surface area (Å²) < 4.78 is 1.25. The molecule has 1 aliphatic heterocycles. The third-order valence-corrected chi connectivity index (χ3v) is 2.08. The lowest BCUT2D eigenvalue weighted by molar-refractivity contribution is -0.0665. The quantitative estimate of drug-likeness (QED) is 0.620. The predicted octanol–water partition coefficient (Wildman–Crippen LogP) is 2.68. The van der Waals surface area contributed by atoms with Crippen molar-refractivity contribution in [1.82, 2.24) is 4.58 Å². The van der Waals surface area contributed by atoms with Gasteiger partial charge in [0.25, 0.3) is 0 Å². The van der Waals surface area contributed by atoms with Gasteiger partial charge in [0.05, 0.1) is 6.54 Å². The van der Waals surface area contributed by atoms with E-state index in [0.717, 1.165) is 12.0 Å². The zero-order chi connectivity index (χ0) is 8.39. The van der Waals surface area contributed by atoms with Gasteiger partial charge in [-0.1, -0.05) is 34.9 Å². The van der Waals surface area contributed by atoms with Crippen LogP contribution in [0.25, 0.3) is 0 Å². The van der Waals surface area contributed by atoms with Crippen LogP contribution in [0.3, 0.4) is 0 Å².